The molecule has 0 aliphatic heterocycles. The van der Waals surface area contributed by atoms with E-state index >= 15 is 0 Å². The third-order valence-electron chi connectivity index (χ3n) is 2.16. The number of aromatic nitrogens is 6. The van der Waals surface area contributed by atoms with Crippen LogP contribution < -0.4 is 5.32 Å². The molecule has 8 nitrogen and oxygen atoms in total. The van der Waals surface area contributed by atoms with Gasteiger partial charge in [0.2, 0.25) is 0 Å². The Morgan fingerprint density at radius 2 is 2.28 bits per heavy atom. The number of benzene rings is 1. The van der Waals surface area contributed by atoms with Gasteiger partial charge in [-0.15, -0.1) is 10.2 Å². The Morgan fingerprint density at radius 3 is 3.06 bits per heavy atom. The molecular weight excluding hydrogens is 278 g/mol. The van der Waals surface area contributed by atoms with Crippen LogP contribution in [0.1, 0.15) is 10.6 Å². The van der Waals surface area contributed by atoms with E-state index in [2.05, 4.69) is 34.7 Å². The van der Waals surface area contributed by atoms with Gasteiger partial charge in [-0.05, 0) is 17.3 Å². The van der Waals surface area contributed by atoms with Gasteiger partial charge < -0.3 is 5.32 Å². The van der Waals surface area contributed by atoms with E-state index in [1.165, 1.54) is 0 Å². The molecule has 90 valence electrons. The summed E-state index contributed by atoms with van der Waals surface area (Å²) >= 11 is 7.06. The largest absolute Gasteiger partial charge is 0.316 e. The molecule has 0 saturated carbocycles. The molecule has 3 rings (SSSR count). The summed E-state index contributed by atoms with van der Waals surface area (Å²) in [6, 6.07) is 3.36. The van der Waals surface area contributed by atoms with Gasteiger partial charge in [0.05, 0.1) is 22.4 Å². The van der Waals surface area contributed by atoms with E-state index in [0.717, 1.165) is 11.7 Å². The van der Waals surface area contributed by atoms with Crippen molar-refractivity contribution in [1.29, 1.82) is 0 Å². The number of halogens is 1. The van der Waals surface area contributed by atoms with Crippen LogP contribution in [-0.4, -0.2) is 35.3 Å². The summed E-state index contributed by atoms with van der Waals surface area (Å²) in [6.45, 7) is 0. The lowest BCUT2D eigenvalue weighted by Crippen LogP contribution is -2.14. The fraction of sp³-hybridized carbons (Fsp3) is 0. The summed E-state index contributed by atoms with van der Waals surface area (Å²) < 4.78 is 8.14. The Hall–Kier alpha value is -2.13. The van der Waals surface area contributed by atoms with Gasteiger partial charge in [0, 0.05) is 0 Å². The van der Waals surface area contributed by atoms with Gasteiger partial charge in [-0.25, -0.2) is 0 Å². The zero-order valence-corrected chi connectivity index (χ0v) is 10.2. The lowest BCUT2D eigenvalue weighted by Gasteiger charge is -2.04. The number of rotatable bonds is 2. The summed E-state index contributed by atoms with van der Waals surface area (Å²) in [4.78, 5) is 11.8. The number of aromatic amines is 1. The molecule has 0 saturated heterocycles. The molecule has 0 bridgehead atoms. The molecule has 2 heterocycles. The number of H-pyrrole nitrogens is 1. The quantitative estimate of drug-likeness (QED) is 0.728. The fourth-order valence-corrected chi connectivity index (χ4v) is 2.12. The third kappa shape index (κ3) is 1.79. The van der Waals surface area contributed by atoms with E-state index in [9.17, 15) is 4.79 Å². The number of hydrogen-bond acceptors (Lipinski definition) is 7. The van der Waals surface area contributed by atoms with Crippen LogP contribution in [0.25, 0.3) is 11.0 Å². The summed E-state index contributed by atoms with van der Waals surface area (Å²) in [5.41, 5.74) is 1.58. The smallest absolute Gasteiger partial charge is 0.297 e. The third-order valence-corrected chi connectivity index (χ3v) is 3.02. The first-order valence-electron chi connectivity index (χ1n) is 4.71. The molecule has 1 amide bonds. The Labute approximate surface area is 109 Å². The van der Waals surface area contributed by atoms with Gasteiger partial charge >= 0.3 is 0 Å². The second-order valence-electron chi connectivity index (χ2n) is 3.24. The summed E-state index contributed by atoms with van der Waals surface area (Å²) in [7, 11) is 0. The lowest BCUT2D eigenvalue weighted by molar-refractivity contribution is 0.101. The highest BCUT2D eigenvalue weighted by Gasteiger charge is 2.16. The van der Waals surface area contributed by atoms with Crippen molar-refractivity contribution < 1.29 is 4.79 Å². The zero-order valence-electron chi connectivity index (χ0n) is 8.59. The average molecular weight is 282 g/mol. The van der Waals surface area contributed by atoms with Crippen molar-refractivity contribution in [2.45, 2.75) is 0 Å². The Bertz CT molecular complexity index is 709. The predicted octanol–water partition coefficient (Wildman–Crippen LogP) is 1.11. The molecular formula is C8H4ClN7OS. The number of anilines is 1. The molecule has 0 radical (unpaired) electrons. The van der Waals surface area contributed by atoms with E-state index in [1.807, 2.05) is 0 Å². The monoisotopic (exact) mass is 281 g/mol. The van der Waals surface area contributed by atoms with Crippen LogP contribution in [0.5, 0.6) is 0 Å². The normalized spacial score (nSPS) is 10.7. The van der Waals surface area contributed by atoms with Crippen LogP contribution >= 0.6 is 23.3 Å². The van der Waals surface area contributed by atoms with Crippen molar-refractivity contribution in [3.05, 3.63) is 23.0 Å². The Balaban J connectivity index is 2.02. The predicted molar refractivity (Wildman–Crippen MR) is 64.6 cm³/mol. The highest BCUT2D eigenvalue weighted by Crippen LogP contribution is 2.29. The molecule has 2 N–H and O–H groups in total. The van der Waals surface area contributed by atoms with E-state index in [4.69, 9.17) is 11.6 Å². The first-order chi connectivity index (χ1) is 8.75. The van der Waals surface area contributed by atoms with Gasteiger partial charge in [0.15, 0.2) is 0 Å². The summed E-state index contributed by atoms with van der Waals surface area (Å²) in [5.74, 6) is -0.600. The van der Waals surface area contributed by atoms with Crippen molar-refractivity contribution in [3.63, 3.8) is 0 Å². The fourth-order valence-electron chi connectivity index (χ4n) is 1.37. The van der Waals surface area contributed by atoms with E-state index in [1.54, 1.807) is 12.1 Å². The van der Waals surface area contributed by atoms with E-state index in [-0.39, 0.29) is 5.82 Å². The molecule has 18 heavy (non-hydrogen) atoms. The molecule has 10 heteroatoms. The van der Waals surface area contributed by atoms with E-state index in [0.29, 0.717) is 21.7 Å². The number of amides is 1. The second kappa shape index (κ2) is 4.27. The van der Waals surface area contributed by atoms with Crippen LogP contribution in [0.3, 0.4) is 0 Å². The second-order valence-corrected chi connectivity index (χ2v) is 4.18. The van der Waals surface area contributed by atoms with Crippen LogP contribution in [0.4, 0.5) is 5.69 Å². The van der Waals surface area contributed by atoms with E-state index < -0.39 is 5.91 Å². The minimum Gasteiger partial charge on any atom is -0.316 e. The van der Waals surface area contributed by atoms with Crippen LogP contribution in [0.15, 0.2) is 12.1 Å². The number of hydrogen-bond donors (Lipinski definition) is 2. The van der Waals surface area contributed by atoms with Crippen LogP contribution in [-0.2, 0) is 0 Å². The number of fused-ring (bicyclic) bond motifs is 1. The Morgan fingerprint density at radius 1 is 1.39 bits per heavy atom. The van der Waals surface area contributed by atoms with Gasteiger partial charge in [-0.3, -0.25) is 4.79 Å². The first-order valence-corrected chi connectivity index (χ1v) is 5.82. The van der Waals surface area contributed by atoms with Crippen molar-refractivity contribution in [3.8, 4) is 0 Å². The van der Waals surface area contributed by atoms with Gasteiger partial charge in [-0.1, -0.05) is 11.6 Å². The van der Waals surface area contributed by atoms with Crippen molar-refractivity contribution in [2.75, 3.05) is 5.32 Å². The van der Waals surface area contributed by atoms with Crippen LogP contribution in [0.2, 0.25) is 5.02 Å². The molecule has 0 spiro atoms. The number of tetrazole rings is 1. The number of nitrogens with zero attached hydrogens (tertiary/aromatic N) is 5. The standard InChI is InChI=1S/C8H4ClN7OS/c9-3-1-2-4-6(14-18-13-4)5(3)10-8(17)7-11-15-16-12-7/h1-2H,(H,10,17)(H,11,12,15,16). The minimum absolute atomic E-state index is 0.0775. The highest BCUT2D eigenvalue weighted by atomic mass is 35.5. The average Bonchev–Trinajstić information content (AvgIpc) is 3.02. The maximum atomic E-state index is 11.8. The minimum atomic E-state index is -0.522. The molecule has 0 aliphatic carbocycles. The summed E-state index contributed by atoms with van der Waals surface area (Å²) in [5, 5.41) is 15.6. The molecule has 3 aromatic rings. The first kappa shape index (κ1) is 11.0. The maximum absolute atomic E-state index is 11.8. The topological polar surface area (TPSA) is 109 Å². The molecule has 0 unspecified atom stereocenters. The molecule has 0 atom stereocenters. The van der Waals surface area contributed by atoms with Gasteiger partial charge in [0.1, 0.15) is 11.0 Å². The molecule has 1 aromatic carbocycles. The van der Waals surface area contributed by atoms with Crippen LogP contribution in [0, 0.1) is 0 Å². The highest BCUT2D eigenvalue weighted by molar-refractivity contribution is 7.00. The van der Waals surface area contributed by atoms with Gasteiger partial charge in [-0.2, -0.15) is 14.0 Å². The summed E-state index contributed by atoms with van der Waals surface area (Å²) in [6.07, 6.45) is 0. The van der Waals surface area contributed by atoms with Crippen molar-refractivity contribution in [1.82, 2.24) is 29.4 Å². The number of carbonyl (C=O) groups excluding carboxylic acids is 1. The Kier molecular flexibility index (Phi) is 2.61. The van der Waals surface area contributed by atoms with Gasteiger partial charge in [0.25, 0.3) is 11.7 Å². The number of carbonyl (C=O) groups is 1. The maximum Gasteiger partial charge on any atom is 0.297 e. The zero-order chi connectivity index (χ0) is 12.5. The van der Waals surface area contributed by atoms with Crippen molar-refractivity contribution in [2.24, 2.45) is 0 Å². The molecule has 0 aliphatic rings. The molecule has 0 fully saturated rings. The SMILES string of the molecule is O=C(Nc1c(Cl)ccc2nsnc12)c1nn[nH]n1. The lowest BCUT2D eigenvalue weighted by atomic mass is 10.2. The van der Waals surface area contributed by atoms with Crippen molar-refractivity contribution >= 4 is 46.0 Å². The molecule has 2 aromatic heterocycles. The number of nitrogens with one attached hydrogen (secondary N) is 2.